The minimum Gasteiger partial charge on any atom is -0.444 e. The van der Waals surface area contributed by atoms with Gasteiger partial charge in [-0.15, -0.1) is 6.42 Å². The van der Waals surface area contributed by atoms with Gasteiger partial charge in [0.1, 0.15) is 17.7 Å². The number of amides is 3. The Morgan fingerprint density at radius 2 is 1.56 bits per heavy atom. The van der Waals surface area contributed by atoms with Gasteiger partial charge in [0, 0.05) is 16.8 Å². The van der Waals surface area contributed by atoms with E-state index in [4.69, 9.17) is 11.2 Å². The summed E-state index contributed by atoms with van der Waals surface area (Å²) in [6, 6.07) is 18.7. The van der Waals surface area contributed by atoms with Crippen molar-refractivity contribution in [1.82, 2.24) is 10.2 Å². The van der Waals surface area contributed by atoms with Gasteiger partial charge in [0.05, 0.1) is 0 Å². The second-order valence-corrected chi connectivity index (χ2v) is 12.6. The molecule has 0 heterocycles. The average molecular weight is 584 g/mol. The molecule has 3 unspecified atom stereocenters. The second-order valence-electron chi connectivity index (χ2n) is 12.6. The van der Waals surface area contributed by atoms with E-state index in [0.717, 1.165) is 10.8 Å². The van der Waals surface area contributed by atoms with Crippen LogP contribution in [-0.2, 0) is 14.3 Å². The fourth-order valence-electron chi connectivity index (χ4n) is 4.95. The lowest BCUT2D eigenvalue weighted by atomic mass is 9.88. The lowest BCUT2D eigenvalue weighted by molar-refractivity contribution is -0.148. The summed E-state index contributed by atoms with van der Waals surface area (Å²) in [4.78, 5) is 43.7. The summed E-state index contributed by atoms with van der Waals surface area (Å²) >= 11 is 0. The van der Waals surface area contributed by atoms with Crippen molar-refractivity contribution in [3.8, 4) is 12.3 Å². The van der Waals surface area contributed by atoms with Crippen LogP contribution in [-0.4, -0.2) is 40.0 Å². The molecule has 0 aliphatic rings. The van der Waals surface area contributed by atoms with Crippen LogP contribution in [0.4, 0.5) is 10.5 Å². The highest BCUT2D eigenvalue weighted by atomic mass is 16.6. The number of rotatable bonds is 10. The zero-order valence-electron chi connectivity index (χ0n) is 26.7. The topological polar surface area (TPSA) is 87.7 Å². The summed E-state index contributed by atoms with van der Waals surface area (Å²) in [6.07, 6.45) is 6.37. The van der Waals surface area contributed by atoms with Crippen molar-refractivity contribution >= 4 is 34.4 Å². The zero-order valence-corrected chi connectivity index (χ0v) is 26.7. The van der Waals surface area contributed by atoms with Gasteiger partial charge in [0.25, 0.3) is 5.91 Å². The minimum atomic E-state index is -1.09. The Balaban J connectivity index is 2.17. The molecule has 0 aliphatic heterocycles. The van der Waals surface area contributed by atoms with Gasteiger partial charge >= 0.3 is 6.09 Å². The Labute approximate surface area is 256 Å². The van der Waals surface area contributed by atoms with Crippen LogP contribution in [0.2, 0.25) is 0 Å². The lowest BCUT2D eigenvalue weighted by Gasteiger charge is -2.45. The Morgan fingerprint density at radius 3 is 2.16 bits per heavy atom. The van der Waals surface area contributed by atoms with Crippen LogP contribution < -0.4 is 10.6 Å². The molecule has 0 aliphatic carbocycles. The van der Waals surface area contributed by atoms with Crippen molar-refractivity contribution in [2.45, 2.75) is 91.5 Å². The quantitative estimate of drug-likeness (QED) is 0.243. The van der Waals surface area contributed by atoms with Crippen LogP contribution in [0.1, 0.15) is 85.4 Å². The maximum Gasteiger partial charge on any atom is 0.408 e. The summed E-state index contributed by atoms with van der Waals surface area (Å²) in [5.74, 6) is 1.65. The van der Waals surface area contributed by atoms with Crippen LogP contribution in [0.15, 0.2) is 66.7 Å². The van der Waals surface area contributed by atoms with Crippen molar-refractivity contribution in [2.24, 2.45) is 5.92 Å². The molecule has 3 atom stereocenters. The van der Waals surface area contributed by atoms with Crippen LogP contribution in [0.25, 0.3) is 10.8 Å². The molecule has 3 amide bonds. The molecule has 7 heteroatoms. The van der Waals surface area contributed by atoms with Gasteiger partial charge in [-0.05, 0) is 81.5 Å². The lowest BCUT2D eigenvalue weighted by Crippen LogP contribution is -2.60. The molecule has 3 aromatic carbocycles. The van der Waals surface area contributed by atoms with Crippen LogP contribution in [0.3, 0.4) is 0 Å². The number of nitrogens with zero attached hydrogens (tertiary/aromatic N) is 1. The molecular weight excluding hydrogens is 538 g/mol. The molecular formula is C36H45N3O4. The zero-order chi connectivity index (χ0) is 31.9. The number of carbonyl (C=O) groups is 3. The molecule has 43 heavy (non-hydrogen) atoms. The highest BCUT2D eigenvalue weighted by Crippen LogP contribution is 2.35. The van der Waals surface area contributed by atoms with Crippen molar-refractivity contribution in [3.05, 3.63) is 77.9 Å². The highest BCUT2D eigenvalue weighted by molar-refractivity contribution is 6.01. The third kappa shape index (κ3) is 8.16. The number of hydrogen-bond acceptors (Lipinski definition) is 4. The summed E-state index contributed by atoms with van der Waals surface area (Å²) < 4.78 is 5.52. The van der Waals surface area contributed by atoms with Gasteiger partial charge in [0.2, 0.25) is 5.91 Å². The first-order valence-electron chi connectivity index (χ1n) is 14.9. The first-order valence-corrected chi connectivity index (χ1v) is 14.9. The second kappa shape index (κ2) is 13.8. The summed E-state index contributed by atoms with van der Waals surface area (Å²) in [7, 11) is 0. The highest BCUT2D eigenvalue weighted by Gasteiger charge is 2.44. The van der Waals surface area contributed by atoms with Crippen LogP contribution >= 0.6 is 0 Å². The fraction of sp³-hybridized carbons (Fsp3) is 0.417. The molecule has 3 aromatic rings. The number of benzene rings is 3. The molecule has 0 radical (unpaired) electrons. The number of nitrogens with one attached hydrogen (secondary N) is 2. The van der Waals surface area contributed by atoms with Gasteiger partial charge < -0.3 is 20.3 Å². The first kappa shape index (κ1) is 33.2. The van der Waals surface area contributed by atoms with Crippen molar-refractivity contribution in [3.63, 3.8) is 0 Å². The monoisotopic (exact) mass is 583 g/mol. The molecule has 0 bridgehead atoms. The summed E-state index contributed by atoms with van der Waals surface area (Å²) in [5.41, 5.74) is 0.0815. The van der Waals surface area contributed by atoms with Crippen LogP contribution in [0.5, 0.6) is 0 Å². The number of carbonyl (C=O) groups excluding carboxylic acids is 3. The molecule has 2 N–H and O–H groups in total. The summed E-state index contributed by atoms with van der Waals surface area (Å²) in [5, 5.41) is 7.89. The SMILES string of the molecule is C#Cc1ccccc1C(C(=O)Nc1ccc2ccccc2c1)N(C(=O)C(NC(=O)OC(C)(C)C)C(C)CC)C(C)(C)CC. The molecule has 0 aromatic heterocycles. The van der Waals surface area contributed by atoms with E-state index in [2.05, 4.69) is 16.6 Å². The molecule has 0 saturated carbocycles. The van der Waals surface area contributed by atoms with E-state index < -0.39 is 41.1 Å². The Morgan fingerprint density at radius 1 is 0.930 bits per heavy atom. The van der Waals surface area contributed by atoms with Crippen molar-refractivity contribution in [2.75, 3.05) is 5.32 Å². The van der Waals surface area contributed by atoms with Crippen molar-refractivity contribution < 1.29 is 19.1 Å². The number of alkyl carbamates (subject to hydrolysis) is 1. The van der Waals surface area contributed by atoms with E-state index in [1.165, 1.54) is 0 Å². The molecule has 3 rings (SSSR count). The van der Waals surface area contributed by atoms with E-state index in [1.807, 2.05) is 77.1 Å². The van der Waals surface area contributed by atoms with Gasteiger partial charge in [-0.25, -0.2) is 4.79 Å². The third-order valence-electron chi connectivity index (χ3n) is 7.84. The molecule has 228 valence electrons. The third-order valence-corrected chi connectivity index (χ3v) is 7.84. The Hall–Kier alpha value is -4.31. The van der Waals surface area contributed by atoms with E-state index in [-0.39, 0.29) is 5.92 Å². The summed E-state index contributed by atoms with van der Waals surface area (Å²) in [6.45, 7) is 15.0. The number of terminal acetylenes is 1. The average Bonchev–Trinajstić information content (AvgIpc) is 2.96. The Kier molecular flexibility index (Phi) is 10.6. The predicted molar refractivity (Wildman–Crippen MR) is 174 cm³/mol. The van der Waals surface area contributed by atoms with Gasteiger partial charge in [-0.2, -0.15) is 0 Å². The van der Waals surface area contributed by atoms with Gasteiger partial charge in [-0.1, -0.05) is 81.6 Å². The van der Waals surface area contributed by atoms with Crippen molar-refractivity contribution in [1.29, 1.82) is 0 Å². The van der Waals surface area contributed by atoms with E-state index in [9.17, 15) is 14.4 Å². The number of ether oxygens (including phenoxy) is 1. The molecule has 0 saturated heterocycles. The van der Waals surface area contributed by atoms with Gasteiger partial charge in [0.15, 0.2) is 0 Å². The standard InChI is InChI=1S/C36H45N3O4/c1-10-24(4)30(38-34(42)43-35(5,6)7)33(41)39(36(8,9)12-3)31(29-20-16-15-17-25(29)11-2)32(40)37-28-22-21-26-18-13-14-19-27(26)23-28/h2,13-24,30-31H,10,12H2,1,3-9H3,(H,37,40)(H,38,42). The fourth-order valence-corrected chi connectivity index (χ4v) is 4.95. The first-order chi connectivity index (χ1) is 20.2. The normalized spacial score (nSPS) is 13.7. The van der Waals surface area contributed by atoms with E-state index in [0.29, 0.717) is 29.7 Å². The molecule has 0 spiro atoms. The smallest absolute Gasteiger partial charge is 0.408 e. The number of hydrogen-bond donors (Lipinski definition) is 2. The molecule has 7 nitrogen and oxygen atoms in total. The maximum absolute atomic E-state index is 14.7. The maximum atomic E-state index is 14.7. The van der Waals surface area contributed by atoms with Gasteiger partial charge in [-0.3, -0.25) is 9.59 Å². The predicted octanol–water partition coefficient (Wildman–Crippen LogP) is 7.46. The van der Waals surface area contributed by atoms with E-state index >= 15 is 0 Å². The largest absolute Gasteiger partial charge is 0.444 e. The number of anilines is 1. The minimum absolute atomic E-state index is 0.248. The number of fused-ring (bicyclic) bond motifs is 1. The van der Waals surface area contributed by atoms with Crippen LogP contribution in [0, 0.1) is 18.3 Å². The van der Waals surface area contributed by atoms with E-state index in [1.54, 1.807) is 49.9 Å². The Bertz CT molecular complexity index is 1500. The molecule has 0 fully saturated rings.